The number of nitrogens with one attached hydrogen (secondary N) is 1. The average molecular weight is 383 g/mol. The molecule has 0 spiro atoms. The van der Waals surface area contributed by atoms with Crippen molar-refractivity contribution < 1.29 is 9.90 Å². The van der Waals surface area contributed by atoms with Crippen LogP contribution < -0.4 is 5.32 Å². The van der Waals surface area contributed by atoms with Gasteiger partial charge in [-0.15, -0.1) is 11.3 Å². The maximum Gasteiger partial charge on any atom is 0.320 e. The predicted octanol–water partition coefficient (Wildman–Crippen LogP) is 4.16. The molecule has 0 amide bonds. The van der Waals surface area contributed by atoms with E-state index in [-0.39, 0.29) is 0 Å². The van der Waals surface area contributed by atoms with Crippen LogP contribution in [0.25, 0.3) is 10.6 Å². The minimum absolute atomic E-state index is 0.341. The molecule has 2 rings (SSSR count). The Bertz CT molecular complexity index is 625. The van der Waals surface area contributed by atoms with Crippen LogP contribution in [0.2, 0.25) is 0 Å². The van der Waals surface area contributed by atoms with Crippen molar-refractivity contribution in [3.05, 3.63) is 39.8 Å². The van der Waals surface area contributed by atoms with Gasteiger partial charge in [0.2, 0.25) is 0 Å². The van der Waals surface area contributed by atoms with E-state index in [2.05, 4.69) is 26.2 Å². The molecule has 0 bridgehead atoms. The summed E-state index contributed by atoms with van der Waals surface area (Å²) in [6.07, 6.45) is 2.43. The van der Waals surface area contributed by atoms with E-state index in [1.807, 2.05) is 44.3 Å². The van der Waals surface area contributed by atoms with Crippen molar-refractivity contribution >= 4 is 33.2 Å². The number of halogens is 1. The van der Waals surface area contributed by atoms with Gasteiger partial charge in [-0.1, -0.05) is 41.9 Å². The SMILES string of the molecule is CC(C)C[C@@H](NCc1cnc(-c2ccc(Br)cc2)s1)C(=O)O. The van der Waals surface area contributed by atoms with Gasteiger partial charge < -0.3 is 5.11 Å². The second-order valence-electron chi connectivity index (χ2n) is 5.54. The molecule has 0 radical (unpaired) electrons. The molecule has 0 aliphatic rings. The molecule has 1 aromatic heterocycles. The van der Waals surface area contributed by atoms with Gasteiger partial charge in [-0.05, 0) is 24.5 Å². The zero-order valence-corrected chi connectivity index (χ0v) is 14.9. The minimum atomic E-state index is -0.800. The largest absolute Gasteiger partial charge is 0.480 e. The van der Waals surface area contributed by atoms with Gasteiger partial charge in [-0.2, -0.15) is 0 Å². The van der Waals surface area contributed by atoms with Gasteiger partial charge in [0.25, 0.3) is 0 Å². The normalized spacial score (nSPS) is 12.5. The highest BCUT2D eigenvalue weighted by atomic mass is 79.9. The van der Waals surface area contributed by atoms with Crippen molar-refractivity contribution in [2.24, 2.45) is 5.92 Å². The van der Waals surface area contributed by atoms with E-state index in [0.29, 0.717) is 18.9 Å². The number of benzene rings is 1. The second-order valence-corrected chi connectivity index (χ2v) is 7.57. The highest BCUT2D eigenvalue weighted by Crippen LogP contribution is 2.26. The van der Waals surface area contributed by atoms with Crippen molar-refractivity contribution in [3.8, 4) is 10.6 Å². The standard InChI is InChI=1S/C16H19BrN2O2S/c1-10(2)7-14(16(20)21)18-8-13-9-19-15(22-13)11-3-5-12(17)6-4-11/h3-6,9-10,14,18H,7-8H2,1-2H3,(H,20,21)/t14-/m1/s1. The first kappa shape index (κ1) is 17.1. The average Bonchev–Trinajstić information content (AvgIpc) is 2.92. The molecule has 0 aliphatic heterocycles. The third-order valence-corrected chi connectivity index (χ3v) is 4.75. The minimum Gasteiger partial charge on any atom is -0.480 e. The number of nitrogens with zero attached hydrogens (tertiary/aromatic N) is 1. The van der Waals surface area contributed by atoms with Gasteiger partial charge in [-0.3, -0.25) is 10.1 Å². The van der Waals surface area contributed by atoms with Crippen LogP contribution in [0.1, 0.15) is 25.1 Å². The summed E-state index contributed by atoms with van der Waals surface area (Å²) in [6.45, 7) is 4.57. The lowest BCUT2D eigenvalue weighted by atomic mass is 10.0. The van der Waals surface area contributed by atoms with Gasteiger partial charge in [0.1, 0.15) is 11.0 Å². The topological polar surface area (TPSA) is 62.2 Å². The van der Waals surface area contributed by atoms with Gasteiger partial charge in [-0.25, -0.2) is 4.98 Å². The molecule has 6 heteroatoms. The van der Waals surface area contributed by atoms with Crippen LogP contribution in [0.15, 0.2) is 34.9 Å². The molecule has 2 aromatic rings. The Morgan fingerprint density at radius 1 is 1.36 bits per heavy atom. The van der Waals surface area contributed by atoms with Gasteiger partial charge >= 0.3 is 5.97 Å². The molecule has 0 unspecified atom stereocenters. The van der Waals surface area contributed by atoms with Crippen LogP contribution >= 0.6 is 27.3 Å². The lowest BCUT2D eigenvalue weighted by molar-refractivity contribution is -0.140. The first-order chi connectivity index (χ1) is 10.5. The van der Waals surface area contributed by atoms with E-state index in [1.54, 1.807) is 11.3 Å². The van der Waals surface area contributed by atoms with E-state index in [9.17, 15) is 9.90 Å². The van der Waals surface area contributed by atoms with Crippen LogP contribution in [0.4, 0.5) is 0 Å². The Kier molecular flexibility index (Phi) is 6.11. The molecular weight excluding hydrogens is 364 g/mol. The molecule has 0 saturated carbocycles. The molecule has 1 heterocycles. The lowest BCUT2D eigenvalue weighted by Crippen LogP contribution is -2.37. The molecule has 2 N–H and O–H groups in total. The fourth-order valence-electron chi connectivity index (χ4n) is 2.08. The van der Waals surface area contributed by atoms with Gasteiger partial charge in [0.15, 0.2) is 0 Å². The first-order valence-corrected chi connectivity index (χ1v) is 8.73. The Labute approximate surface area is 142 Å². The number of carboxylic acid groups (broad SMARTS) is 1. The quantitative estimate of drug-likeness (QED) is 0.754. The number of carboxylic acids is 1. The number of hydrogen-bond donors (Lipinski definition) is 2. The maximum absolute atomic E-state index is 11.2. The first-order valence-electron chi connectivity index (χ1n) is 7.12. The van der Waals surface area contributed by atoms with Crippen molar-refractivity contribution in [1.29, 1.82) is 0 Å². The summed E-state index contributed by atoms with van der Waals surface area (Å²) in [5.74, 6) is -0.459. The third kappa shape index (κ3) is 4.90. The smallest absolute Gasteiger partial charge is 0.320 e. The maximum atomic E-state index is 11.2. The molecule has 0 aliphatic carbocycles. The van der Waals surface area contributed by atoms with E-state index in [0.717, 1.165) is 19.9 Å². The zero-order chi connectivity index (χ0) is 16.1. The van der Waals surface area contributed by atoms with Crippen molar-refractivity contribution in [3.63, 3.8) is 0 Å². The Hall–Kier alpha value is -1.24. The molecule has 0 fully saturated rings. The Morgan fingerprint density at radius 2 is 2.05 bits per heavy atom. The number of thiazole rings is 1. The number of carbonyl (C=O) groups is 1. The fourth-order valence-corrected chi connectivity index (χ4v) is 3.21. The van der Waals surface area contributed by atoms with Crippen LogP contribution in [-0.2, 0) is 11.3 Å². The predicted molar refractivity (Wildman–Crippen MR) is 93.0 cm³/mol. The summed E-state index contributed by atoms with van der Waals surface area (Å²) >= 11 is 5.00. The highest BCUT2D eigenvalue weighted by Gasteiger charge is 2.18. The monoisotopic (exact) mass is 382 g/mol. The Morgan fingerprint density at radius 3 is 2.64 bits per heavy atom. The van der Waals surface area contributed by atoms with E-state index in [4.69, 9.17) is 0 Å². The molecular formula is C16H19BrN2O2S. The number of aromatic nitrogens is 1. The lowest BCUT2D eigenvalue weighted by Gasteiger charge is -2.15. The number of aliphatic carboxylic acids is 1. The molecule has 1 aromatic carbocycles. The summed E-state index contributed by atoms with van der Waals surface area (Å²) in [5, 5.41) is 13.3. The van der Waals surface area contributed by atoms with Crippen LogP contribution in [-0.4, -0.2) is 22.1 Å². The number of rotatable bonds is 7. The molecule has 1 atom stereocenters. The highest BCUT2D eigenvalue weighted by molar-refractivity contribution is 9.10. The van der Waals surface area contributed by atoms with E-state index >= 15 is 0 Å². The van der Waals surface area contributed by atoms with Crippen LogP contribution in [0, 0.1) is 5.92 Å². The fraction of sp³-hybridized carbons (Fsp3) is 0.375. The zero-order valence-electron chi connectivity index (χ0n) is 12.5. The van der Waals surface area contributed by atoms with Crippen LogP contribution in [0.3, 0.4) is 0 Å². The third-order valence-electron chi connectivity index (χ3n) is 3.17. The molecule has 118 valence electrons. The summed E-state index contributed by atoms with van der Waals surface area (Å²) in [5.41, 5.74) is 1.07. The van der Waals surface area contributed by atoms with Crippen LogP contribution in [0.5, 0.6) is 0 Å². The summed E-state index contributed by atoms with van der Waals surface area (Å²) in [4.78, 5) is 16.7. The van der Waals surface area contributed by atoms with Crippen molar-refractivity contribution in [2.45, 2.75) is 32.9 Å². The second kappa shape index (κ2) is 7.85. The van der Waals surface area contributed by atoms with Crippen molar-refractivity contribution in [2.75, 3.05) is 0 Å². The van der Waals surface area contributed by atoms with Gasteiger partial charge in [0.05, 0.1) is 0 Å². The summed E-state index contributed by atoms with van der Waals surface area (Å²) in [7, 11) is 0. The van der Waals surface area contributed by atoms with E-state index < -0.39 is 12.0 Å². The molecule has 0 saturated heterocycles. The van der Waals surface area contributed by atoms with Crippen molar-refractivity contribution in [1.82, 2.24) is 10.3 Å². The van der Waals surface area contributed by atoms with Gasteiger partial charge in [0, 0.05) is 27.7 Å². The molecule has 4 nitrogen and oxygen atoms in total. The molecule has 22 heavy (non-hydrogen) atoms. The van der Waals surface area contributed by atoms with E-state index in [1.165, 1.54) is 0 Å². The summed E-state index contributed by atoms with van der Waals surface area (Å²) < 4.78 is 1.03. The summed E-state index contributed by atoms with van der Waals surface area (Å²) in [6, 6.07) is 7.48. The Balaban J connectivity index is 1.99. The number of hydrogen-bond acceptors (Lipinski definition) is 4.